The second kappa shape index (κ2) is 8.10. The number of nitrogens with zero attached hydrogens (tertiary/aromatic N) is 3. The molecular weight excluding hydrogens is 354 g/mol. The summed E-state index contributed by atoms with van der Waals surface area (Å²) in [6, 6.07) is 7.24. The average molecular weight is 378 g/mol. The van der Waals surface area contributed by atoms with Crippen LogP contribution in [0.15, 0.2) is 30.5 Å². The van der Waals surface area contributed by atoms with E-state index in [-0.39, 0.29) is 17.9 Å². The van der Waals surface area contributed by atoms with Crippen LogP contribution >= 0.6 is 11.6 Å². The van der Waals surface area contributed by atoms with Gasteiger partial charge in [-0.25, -0.2) is 0 Å². The van der Waals surface area contributed by atoms with Crippen LogP contribution in [0.2, 0.25) is 5.02 Å². The topological polar surface area (TPSA) is 56.6 Å². The normalized spacial score (nSPS) is 19.5. The lowest BCUT2D eigenvalue weighted by atomic mass is 9.94. The third kappa shape index (κ3) is 4.02. The van der Waals surface area contributed by atoms with Crippen molar-refractivity contribution in [1.82, 2.24) is 14.7 Å². The van der Waals surface area contributed by atoms with E-state index < -0.39 is 0 Å². The van der Waals surface area contributed by atoms with E-state index in [0.29, 0.717) is 30.5 Å². The number of aromatic nitrogens is 2. The van der Waals surface area contributed by atoms with Crippen molar-refractivity contribution < 1.29 is 14.3 Å². The Kier molecular flexibility index (Phi) is 5.84. The van der Waals surface area contributed by atoms with Crippen molar-refractivity contribution in [3.63, 3.8) is 0 Å². The third-order valence-electron chi connectivity index (χ3n) is 4.86. The second-order valence-corrected chi connectivity index (χ2v) is 7.00. The van der Waals surface area contributed by atoms with Crippen molar-refractivity contribution in [3.05, 3.63) is 46.7 Å². The first kappa shape index (κ1) is 18.7. The lowest BCUT2D eigenvalue weighted by Crippen LogP contribution is -2.37. The Labute approximate surface area is 158 Å². The van der Waals surface area contributed by atoms with E-state index in [4.69, 9.17) is 21.1 Å². The molecule has 7 heteroatoms. The fourth-order valence-corrected chi connectivity index (χ4v) is 3.37. The van der Waals surface area contributed by atoms with Gasteiger partial charge in [0.25, 0.3) is 0 Å². The largest absolute Gasteiger partial charge is 0.492 e. The van der Waals surface area contributed by atoms with Gasteiger partial charge in [-0.05, 0) is 31.5 Å². The van der Waals surface area contributed by atoms with Crippen LogP contribution < -0.4 is 4.74 Å². The Morgan fingerprint density at radius 2 is 2.31 bits per heavy atom. The Hall–Kier alpha value is -2.05. The molecule has 0 spiro atoms. The summed E-state index contributed by atoms with van der Waals surface area (Å²) in [5.41, 5.74) is 2.02. The van der Waals surface area contributed by atoms with Gasteiger partial charge in [-0.3, -0.25) is 9.48 Å². The van der Waals surface area contributed by atoms with Crippen molar-refractivity contribution in [2.45, 2.75) is 19.4 Å². The molecule has 26 heavy (non-hydrogen) atoms. The number of aryl methyl sites for hydroxylation is 1. The number of carbonyl (C=O) groups excluding carboxylic acids is 1. The van der Waals surface area contributed by atoms with E-state index in [1.54, 1.807) is 35.0 Å². The number of halogens is 1. The summed E-state index contributed by atoms with van der Waals surface area (Å²) in [4.78, 5) is 14.6. The van der Waals surface area contributed by atoms with E-state index in [2.05, 4.69) is 5.10 Å². The molecule has 0 radical (unpaired) electrons. The zero-order chi connectivity index (χ0) is 18.7. The predicted molar refractivity (Wildman–Crippen MR) is 99.3 cm³/mol. The van der Waals surface area contributed by atoms with E-state index in [0.717, 1.165) is 17.7 Å². The number of amides is 1. The van der Waals surface area contributed by atoms with E-state index >= 15 is 0 Å². The first-order valence-electron chi connectivity index (χ1n) is 8.71. The maximum absolute atomic E-state index is 12.9. The van der Waals surface area contributed by atoms with Gasteiger partial charge in [-0.15, -0.1) is 0 Å². The molecule has 2 heterocycles. The SMILES string of the molecule is Cc1c([C@H]2OCC[C@@H]2C(=O)N(C)CCOc2cccc(Cl)c2)cnn1C. The molecule has 0 N–H and O–H groups in total. The fourth-order valence-electron chi connectivity index (χ4n) is 3.19. The van der Waals surface area contributed by atoms with Crippen molar-refractivity contribution in [1.29, 1.82) is 0 Å². The highest BCUT2D eigenvalue weighted by atomic mass is 35.5. The van der Waals surface area contributed by atoms with Gasteiger partial charge in [0.1, 0.15) is 12.4 Å². The highest BCUT2D eigenvalue weighted by Crippen LogP contribution is 2.36. The molecule has 1 aromatic heterocycles. The van der Waals surface area contributed by atoms with Crippen LogP contribution in [-0.2, 0) is 16.6 Å². The Bertz CT molecular complexity index is 777. The summed E-state index contributed by atoms with van der Waals surface area (Å²) in [6.07, 6.45) is 2.29. The molecule has 0 bridgehead atoms. The number of carbonyl (C=O) groups is 1. The number of benzene rings is 1. The smallest absolute Gasteiger partial charge is 0.228 e. The highest BCUT2D eigenvalue weighted by molar-refractivity contribution is 6.30. The number of hydrogen-bond donors (Lipinski definition) is 0. The van der Waals surface area contributed by atoms with Crippen LogP contribution in [0.1, 0.15) is 23.8 Å². The molecule has 1 fully saturated rings. The number of rotatable bonds is 6. The van der Waals surface area contributed by atoms with Gasteiger partial charge in [0.15, 0.2) is 0 Å². The van der Waals surface area contributed by atoms with Crippen LogP contribution in [0.4, 0.5) is 0 Å². The maximum Gasteiger partial charge on any atom is 0.228 e. The van der Waals surface area contributed by atoms with Crippen LogP contribution in [0.25, 0.3) is 0 Å². The minimum atomic E-state index is -0.229. The molecule has 2 aromatic rings. The summed E-state index contributed by atoms with van der Waals surface area (Å²) in [7, 11) is 3.69. The predicted octanol–water partition coefficient (Wildman–Crippen LogP) is 3.00. The van der Waals surface area contributed by atoms with Gasteiger partial charge in [-0.2, -0.15) is 5.10 Å². The Morgan fingerprint density at radius 1 is 1.50 bits per heavy atom. The molecule has 1 aliphatic rings. The standard InChI is InChI=1S/C19H24ClN3O3/c1-13-17(12-21-23(13)3)18-16(7-9-26-18)19(24)22(2)8-10-25-15-6-4-5-14(20)11-15/h4-6,11-12,16,18H,7-10H2,1-3H3/t16-,18-/m0/s1. The molecule has 3 rings (SSSR count). The molecule has 1 amide bonds. The first-order chi connectivity index (χ1) is 12.5. The third-order valence-corrected chi connectivity index (χ3v) is 5.09. The molecule has 2 atom stereocenters. The maximum atomic E-state index is 12.9. The van der Waals surface area contributed by atoms with E-state index in [1.165, 1.54) is 0 Å². The van der Waals surface area contributed by atoms with E-state index in [1.807, 2.05) is 26.1 Å². The van der Waals surface area contributed by atoms with Crippen molar-refractivity contribution in [2.24, 2.45) is 13.0 Å². The van der Waals surface area contributed by atoms with Gasteiger partial charge in [0.2, 0.25) is 5.91 Å². The molecule has 6 nitrogen and oxygen atoms in total. The summed E-state index contributed by atoms with van der Waals surface area (Å²) < 4.78 is 13.3. The highest BCUT2D eigenvalue weighted by Gasteiger charge is 2.38. The van der Waals surface area contributed by atoms with Gasteiger partial charge >= 0.3 is 0 Å². The number of likely N-dealkylation sites (N-methyl/N-ethyl adjacent to an activating group) is 1. The van der Waals surface area contributed by atoms with Crippen LogP contribution in [0, 0.1) is 12.8 Å². The minimum Gasteiger partial charge on any atom is -0.492 e. The summed E-state index contributed by atoms with van der Waals surface area (Å²) >= 11 is 5.95. The molecule has 0 saturated carbocycles. The minimum absolute atomic E-state index is 0.0745. The second-order valence-electron chi connectivity index (χ2n) is 6.56. The van der Waals surface area contributed by atoms with Gasteiger partial charge in [0, 0.05) is 37.0 Å². The number of ether oxygens (including phenoxy) is 2. The van der Waals surface area contributed by atoms with Crippen LogP contribution in [0.3, 0.4) is 0 Å². The lowest BCUT2D eigenvalue weighted by molar-refractivity contribution is -0.136. The Morgan fingerprint density at radius 3 is 3.00 bits per heavy atom. The zero-order valence-electron chi connectivity index (χ0n) is 15.3. The molecular formula is C19H24ClN3O3. The van der Waals surface area contributed by atoms with Gasteiger partial charge in [-0.1, -0.05) is 17.7 Å². The molecule has 1 aliphatic heterocycles. The summed E-state index contributed by atoms with van der Waals surface area (Å²) in [5, 5.41) is 4.90. The zero-order valence-corrected chi connectivity index (χ0v) is 16.1. The van der Waals surface area contributed by atoms with Gasteiger partial charge in [0.05, 0.1) is 24.8 Å². The molecule has 140 valence electrons. The molecule has 0 aliphatic carbocycles. The lowest BCUT2D eigenvalue weighted by Gasteiger charge is -2.24. The number of hydrogen-bond acceptors (Lipinski definition) is 4. The average Bonchev–Trinajstić information content (AvgIpc) is 3.21. The summed E-state index contributed by atoms with van der Waals surface area (Å²) in [5.74, 6) is 0.589. The van der Waals surface area contributed by atoms with Crippen molar-refractivity contribution >= 4 is 17.5 Å². The monoisotopic (exact) mass is 377 g/mol. The van der Waals surface area contributed by atoms with Crippen molar-refractivity contribution in [2.75, 3.05) is 26.8 Å². The Balaban J connectivity index is 1.58. The van der Waals surface area contributed by atoms with E-state index in [9.17, 15) is 4.79 Å². The van der Waals surface area contributed by atoms with Crippen LogP contribution in [0.5, 0.6) is 5.75 Å². The fraction of sp³-hybridized carbons (Fsp3) is 0.474. The van der Waals surface area contributed by atoms with Crippen LogP contribution in [-0.4, -0.2) is 47.4 Å². The quantitative estimate of drug-likeness (QED) is 0.776. The molecule has 1 saturated heterocycles. The van der Waals surface area contributed by atoms with Crippen molar-refractivity contribution in [3.8, 4) is 5.75 Å². The molecule has 0 unspecified atom stereocenters. The van der Waals surface area contributed by atoms with Gasteiger partial charge < -0.3 is 14.4 Å². The summed E-state index contributed by atoms with van der Waals surface area (Å²) in [6.45, 7) is 3.49. The molecule has 1 aromatic carbocycles. The first-order valence-corrected chi connectivity index (χ1v) is 9.08.